The van der Waals surface area contributed by atoms with E-state index in [1.807, 2.05) is 0 Å². The molecule has 0 unspecified atom stereocenters. The largest absolute Gasteiger partial charge is 0.582 e. The van der Waals surface area contributed by atoms with Crippen LogP contribution < -0.4 is 0 Å². The van der Waals surface area contributed by atoms with E-state index in [0.717, 1.165) is 20.8 Å². The van der Waals surface area contributed by atoms with Gasteiger partial charge in [-0.2, -0.15) is 57.1 Å². The predicted molar refractivity (Wildman–Crippen MR) is 122 cm³/mol. The van der Waals surface area contributed by atoms with Crippen LogP contribution in [0.25, 0.3) is 0 Å². The van der Waals surface area contributed by atoms with Crippen molar-refractivity contribution in [3.05, 3.63) is 0 Å². The molecule has 0 aromatic heterocycles. The maximum Gasteiger partial charge on any atom is 0.582 e. The molecule has 0 saturated carbocycles. The quantitative estimate of drug-likeness (QED) is 0.0673. The van der Waals surface area contributed by atoms with Crippen molar-refractivity contribution in [3.8, 4) is 0 Å². The third-order valence-corrected chi connectivity index (χ3v) is 9.07. The van der Waals surface area contributed by atoms with E-state index in [4.69, 9.17) is 0 Å². The summed E-state index contributed by atoms with van der Waals surface area (Å²) in [6.07, 6.45) is -5.83. The molecule has 0 spiro atoms. The molecule has 40 heavy (non-hydrogen) atoms. The van der Waals surface area contributed by atoms with E-state index in [1.165, 1.54) is 0 Å². The molecule has 0 bridgehead atoms. The molecule has 3 nitrogen and oxygen atoms in total. The molecule has 0 amide bonds. The van der Waals surface area contributed by atoms with Crippen LogP contribution in [0.2, 0.25) is 0 Å². The first-order valence-corrected chi connectivity index (χ1v) is 14.7. The summed E-state index contributed by atoms with van der Waals surface area (Å²) in [6, 6.07) is 0. The molecule has 0 rings (SSSR count). The average Bonchev–Trinajstić information content (AvgIpc) is 2.81. The van der Waals surface area contributed by atoms with Crippen LogP contribution in [0, 0.1) is 0 Å². The van der Waals surface area contributed by atoms with Crippen molar-refractivity contribution in [2.24, 2.45) is 0 Å². The van der Waals surface area contributed by atoms with Gasteiger partial charge in [-0.1, -0.05) is 44.9 Å². The van der Waals surface area contributed by atoms with Crippen LogP contribution in [0.1, 0.15) is 91.4 Å². The molecule has 0 saturated heterocycles. The van der Waals surface area contributed by atoms with Crippen LogP contribution in [0.15, 0.2) is 0 Å². The first kappa shape index (κ1) is 39.2. The van der Waals surface area contributed by atoms with Crippen molar-refractivity contribution in [3.63, 3.8) is 0 Å². The van der Waals surface area contributed by atoms with Crippen LogP contribution >= 0.6 is 0 Å². The molecular weight excluding hydrogens is 599 g/mol. The second kappa shape index (κ2) is 15.6. The minimum Gasteiger partial charge on any atom is -0.370 e. The van der Waals surface area contributed by atoms with Gasteiger partial charge >= 0.3 is 44.2 Å². The van der Waals surface area contributed by atoms with Gasteiger partial charge in [-0.05, 0) is 33.6 Å². The van der Waals surface area contributed by atoms with Gasteiger partial charge in [-0.3, -0.25) is 0 Å². The molecule has 0 N–H and O–H groups in total. The van der Waals surface area contributed by atoms with E-state index in [9.17, 15) is 57.1 Å². The van der Waals surface area contributed by atoms with Crippen molar-refractivity contribution in [1.29, 1.82) is 0 Å². The lowest BCUT2D eigenvalue weighted by atomic mass is 9.94. The highest BCUT2D eigenvalue weighted by molar-refractivity contribution is 6.63. The van der Waals surface area contributed by atoms with Crippen LogP contribution in [-0.4, -0.2) is 64.0 Å². The van der Waals surface area contributed by atoms with E-state index >= 15 is 0 Å². The summed E-state index contributed by atoms with van der Waals surface area (Å²) in [4.78, 5) is 0. The summed E-state index contributed by atoms with van der Waals surface area (Å²) in [5.74, 6) is -27.0. The highest BCUT2D eigenvalue weighted by atomic mass is 28.4. The molecule has 0 radical (unpaired) electrons. The summed E-state index contributed by atoms with van der Waals surface area (Å²) in [6.45, 7) is 0.505. The number of halogens is 13. The summed E-state index contributed by atoms with van der Waals surface area (Å²) >= 11 is 0. The Morgan fingerprint density at radius 3 is 1.07 bits per heavy atom. The molecule has 0 heterocycles. The Labute approximate surface area is 226 Å². The van der Waals surface area contributed by atoms with Crippen LogP contribution in [0.5, 0.6) is 0 Å². The Morgan fingerprint density at radius 1 is 0.425 bits per heavy atom. The number of unbranched alkanes of at least 4 members (excludes halogenated alkanes) is 8. The minimum atomic E-state index is -7.25. The van der Waals surface area contributed by atoms with E-state index < -0.39 is 83.3 Å². The summed E-state index contributed by atoms with van der Waals surface area (Å²) in [5.41, 5.74) is -6.22. The molecule has 0 aromatic carbocycles. The van der Waals surface area contributed by atoms with Crippen LogP contribution in [-0.2, 0) is 13.3 Å². The lowest BCUT2D eigenvalue weighted by Gasteiger charge is -2.43. The van der Waals surface area contributed by atoms with Crippen molar-refractivity contribution >= 4 is 8.80 Å². The summed E-state index contributed by atoms with van der Waals surface area (Å²) < 4.78 is 194. The highest BCUT2D eigenvalue weighted by Gasteiger charge is 2.91. The molecule has 17 heteroatoms. The Kier molecular flexibility index (Phi) is 15.3. The number of hydrogen-bond acceptors (Lipinski definition) is 3. The zero-order chi connectivity index (χ0) is 31.5. The zero-order valence-corrected chi connectivity index (χ0v) is 23.5. The molecule has 0 aromatic rings. The predicted octanol–water partition coefficient (Wildman–Crippen LogP) is 9.60. The lowest BCUT2D eigenvalue weighted by molar-refractivity contribution is -0.396. The molecular formula is C23H37F13O3Si. The van der Waals surface area contributed by atoms with Gasteiger partial charge in [-0.15, -0.1) is 0 Å². The summed E-state index contributed by atoms with van der Waals surface area (Å²) in [5, 5.41) is 0. The zero-order valence-electron chi connectivity index (χ0n) is 22.5. The van der Waals surface area contributed by atoms with Gasteiger partial charge in [0.2, 0.25) is 0 Å². The van der Waals surface area contributed by atoms with Crippen molar-refractivity contribution in [2.45, 2.75) is 127 Å². The van der Waals surface area contributed by atoms with Gasteiger partial charge in [-0.25, -0.2) is 0 Å². The molecule has 0 atom stereocenters. The SMILES string of the molecule is CCO[Si](OCC)(OCC)C(F)(F)C(F)(F)C(F)(F)C(F)(F)C(F)(F)CCCCCCCCCCCC(F)(F)F. The van der Waals surface area contributed by atoms with Gasteiger partial charge in [0.1, 0.15) is 0 Å². The third kappa shape index (κ3) is 9.34. The van der Waals surface area contributed by atoms with Gasteiger partial charge in [0.25, 0.3) is 0 Å². The smallest absolute Gasteiger partial charge is 0.370 e. The van der Waals surface area contributed by atoms with Gasteiger partial charge in [0.05, 0.1) is 0 Å². The maximum absolute atomic E-state index is 14.9. The Morgan fingerprint density at radius 2 is 0.750 bits per heavy atom. The van der Waals surface area contributed by atoms with E-state index in [1.54, 1.807) is 0 Å². The molecule has 0 aliphatic carbocycles. The first-order valence-electron chi connectivity index (χ1n) is 13.0. The van der Waals surface area contributed by atoms with Crippen LogP contribution in [0.3, 0.4) is 0 Å². The van der Waals surface area contributed by atoms with E-state index in [-0.39, 0.29) is 19.3 Å². The number of alkyl halides is 13. The summed E-state index contributed by atoms with van der Waals surface area (Å²) in [7, 11) is -6.16. The van der Waals surface area contributed by atoms with Crippen molar-refractivity contribution < 1.29 is 70.4 Å². The molecule has 0 fully saturated rings. The molecule has 242 valence electrons. The highest BCUT2D eigenvalue weighted by Crippen LogP contribution is 2.59. The van der Waals surface area contributed by atoms with E-state index in [0.29, 0.717) is 32.1 Å². The Bertz CT molecular complexity index is 702. The third-order valence-electron chi connectivity index (χ3n) is 5.98. The Hall–Kier alpha value is -0.813. The minimum absolute atomic E-state index is 0.0472. The number of hydrogen-bond donors (Lipinski definition) is 0. The van der Waals surface area contributed by atoms with Gasteiger partial charge < -0.3 is 13.3 Å². The fraction of sp³-hybridized carbons (Fsp3) is 1.00. The van der Waals surface area contributed by atoms with Crippen LogP contribution in [0.4, 0.5) is 57.1 Å². The molecule has 0 aliphatic rings. The van der Waals surface area contributed by atoms with E-state index in [2.05, 4.69) is 13.3 Å². The van der Waals surface area contributed by atoms with Crippen molar-refractivity contribution in [2.75, 3.05) is 19.8 Å². The Balaban J connectivity index is 5.27. The van der Waals surface area contributed by atoms with Gasteiger partial charge in [0, 0.05) is 32.7 Å². The normalized spacial score (nSPS) is 14.7. The lowest BCUT2D eigenvalue weighted by Crippen LogP contribution is -2.76. The maximum atomic E-state index is 14.9. The monoisotopic (exact) mass is 636 g/mol. The second-order valence-corrected chi connectivity index (χ2v) is 11.8. The second-order valence-electron chi connectivity index (χ2n) is 9.15. The number of rotatable bonds is 22. The topological polar surface area (TPSA) is 27.7 Å². The fourth-order valence-corrected chi connectivity index (χ4v) is 6.33. The molecule has 0 aliphatic heterocycles. The van der Waals surface area contributed by atoms with Crippen molar-refractivity contribution in [1.82, 2.24) is 0 Å². The standard InChI is InChI=1S/C23H37F13O3Si/c1-4-37-40(38-5-2,39-6-3)23(35,36)22(33,34)21(31,32)20(29,30)18(24,25)16-14-12-10-8-7-9-11-13-15-17-19(26,27)28/h4-17H2,1-3H3. The first-order chi connectivity index (χ1) is 18.1. The average molecular weight is 637 g/mol. The van der Waals surface area contributed by atoms with Gasteiger partial charge in [0.15, 0.2) is 0 Å². The fourth-order valence-electron chi connectivity index (χ4n) is 3.85.